The first kappa shape index (κ1) is 10.2. The predicted molar refractivity (Wildman–Crippen MR) is 63.7 cm³/mol. The van der Waals surface area contributed by atoms with E-state index in [1.807, 2.05) is 6.08 Å². The van der Waals surface area contributed by atoms with Crippen molar-refractivity contribution in [1.82, 2.24) is 0 Å². The molecular formula is C14H16O. The zero-order valence-electron chi connectivity index (χ0n) is 8.82. The van der Waals surface area contributed by atoms with Crippen LogP contribution in [0.3, 0.4) is 0 Å². The first-order valence-electron chi connectivity index (χ1n) is 5.44. The summed E-state index contributed by atoms with van der Waals surface area (Å²) in [5, 5.41) is 8.64. The molecule has 1 heteroatoms. The van der Waals surface area contributed by atoms with E-state index in [0.717, 1.165) is 19.3 Å². The second kappa shape index (κ2) is 4.94. The Hall–Kier alpha value is -1.34. The van der Waals surface area contributed by atoms with Crippen LogP contribution < -0.4 is 0 Å². The number of aliphatic hydroxyl groups is 1. The lowest BCUT2D eigenvalue weighted by Crippen LogP contribution is -1.95. The van der Waals surface area contributed by atoms with Gasteiger partial charge in [-0.05, 0) is 36.0 Å². The molecule has 0 aliphatic heterocycles. The molecule has 0 unspecified atom stereocenters. The number of benzene rings is 1. The summed E-state index contributed by atoms with van der Waals surface area (Å²) in [5.74, 6) is 0. The quantitative estimate of drug-likeness (QED) is 0.744. The predicted octanol–water partition coefficient (Wildman–Crippen LogP) is 2.74. The van der Waals surface area contributed by atoms with E-state index >= 15 is 0 Å². The van der Waals surface area contributed by atoms with Crippen LogP contribution in [0.15, 0.2) is 36.4 Å². The average Bonchev–Trinajstić information content (AvgIpc) is 2.29. The van der Waals surface area contributed by atoms with Crippen molar-refractivity contribution >= 4 is 6.08 Å². The Morgan fingerprint density at radius 3 is 3.07 bits per heavy atom. The summed E-state index contributed by atoms with van der Waals surface area (Å²) >= 11 is 0. The summed E-state index contributed by atoms with van der Waals surface area (Å²) in [5.41, 5.74) is 4.14. The highest BCUT2D eigenvalue weighted by molar-refractivity contribution is 5.57. The highest BCUT2D eigenvalue weighted by Gasteiger charge is 2.04. The number of hydrogen-bond donors (Lipinski definition) is 1. The Morgan fingerprint density at radius 1 is 1.27 bits per heavy atom. The largest absolute Gasteiger partial charge is 0.392 e. The number of fused-ring (bicyclic) bond motifs is 1. The fourth-order valence-electron chi connectivity index (χ4n) is 1.91. The van der Waals surface area contributed by atoms with Crippen LogP contribution in [0, 0.1) is 0 Å². The molecule has 1 N–H and O–H groups in total. The molecule has 0 amide bonds. The van der Waals surface area contributed by atoms with Crippen molar-refractivity contribution in [1.29, 1.82) is 0 Å². The van der Waals surface area contributed by atoms with Gasteiger partial charge in [0.05, 0.1) is 6.61 Å². The van der Waals surface area contributed by atoms with Crippen LogP contribution in [-0.4, -0.2) is 11.7 Å². The van der Waals surface area contributed by atoms with Crippen molar-refractivity contribution in [3.63, 3.8) is 0 Å². The maximum absolute atomic E-state index is 8.64. The van der Waals surface area contributed by atoms with Crippen molar-refractivity contribution in [3.05, 3.63) is 53.1 Å². The lowest BCUT2D eigenvalue weighted by molar-refractivity contribution is 0.342. The maximum atomic E-state index is 8.64. The summed E-state index contributed by atoms with van der Waals surface area (Å²) in [4.78, 5) is 0. The van der Waals surface area contributed by atoms with Gasteiger partial charge in [-0.1, -0.05) is 42.5 Å². The van der Waals surface area contributed by atoms with Crippen LogP contribution >= 0.6 is 0 Å². The molecule has 15 heavy (non-hydrogen) atoms. The normalized spacial score (nSPS) is 14.5. The van der Waals surface area contributed by atoms with E-state index in [-0.39, 0.29) is 6.61 Å². The fourth-order valence-corrected chi connectivity index (χ4v) is 1.91. The van der Waals surface area contributed by atoms with Gasteiger partial charge in [0.25, 0.3) is 0 Å². The number of hydrogen-bond acceptors (Lipinski definition) is 1. The van der Waals surface area contributed by atoms with Crippen LogP contribution in [0.1, 0.15) is 23.1 Å². The minimum absolute atomic E-state index is 0.133. The zero-order chi connectivity index (χ0) is 10.5. The SMILES string of the molecule is OCC=CCc1ccc2c(c1)CCC=C2. The number of rotatable bonds is 3. The molecular weight excluding hydrogens is 184 g/mol. The van der Waals surface area contributed by atoms with Crippen molar-refractivity contribution in [2.24, 2.45) is 0 Å². The van der Waals surface area contributed by atoms with Gasteiger partial charge >= 0.3 is 0 Å². The molecule has 78 valence electrons. The molecule has 0 saturated carbocycles. The van der Waals surface area contributed by atoms with Crippen molar-refractivity contribution in [2.75, 3.05) is 6.61 Å². The van der Waals surface area contributed by atoms with Gasteiger partial charge < -0.3 is 5.11 Å². The summed E-state index contributed by atoms with van der Waals surface area (Å²) in [6.07, 6.45) is 11.5. The maximum Gasteiger partial charge on any atom is 0.0612 e. The van der Waals surface area contributed by atoms with Crippen LogP contribution in [0.4, 0.5) is 0 Å². The molecule has 1 aromatic carbocycles. The molecule has 1 aromatic rings. The number of aryl methyl sites for hydroxylation is 1. The first-order valence-corrected chi connectivity index (χ1v) is 5.44. The molecule has 0 atom stereocenters. The molecule has 0 saturated heterocycles. The third-order valence-electron chi connectivity index (χ3n) is 2.71. The zero-order valence-corrected chi connectivity index (χ0v) is 8.82. The molecule has 0 bridgehead atoms. The van der Waals surface area contributed by atoms with Crippen LogP contribution in [-0.2, 0) is 12.8 Å². The molecule has 0 heterocycles. The fraction of sp³-hybridized carbons (Fsp3) is 0.286. The van der Waals surface area contributed by atoms with E-state index in [4.69, 9.17) is 5.11 Å². The van der Waals surface area contributed by atoms with E-state index in [1.54, 1.807) is 6.08 Å². The van der Waals surface area contributed by atoms with Gasteiger partial charge in [-0.3, -0.25) is 0 Å². The Balaban J connectivity index is 2.14. The van der Waals surface area contributed by atoms with E-state index in [0.29, 0.717) is 0 Å². The highest BCUT2D eigenvalue weighted by atomic mass is 16.2. The van der Waals surface area contributed by atoms with Gasteiger partial charge in [0.2, 0.25) is 0 Å². The summed E-state index contributed by atoms with van der Waals surface area (Å²) in [7, 11) is 0. The van der Waals surface area contributed by atoms with Gasteiger partial charge in [-0.25, -0.2) is 0 Å². The Morgan fingerprint density at radius 2 is 2.20 bits per heavy atom. The van der Waals surface area contributed by atoms with E-state index in [1.165, 1.54) is 16.7 Å². The van der Waals surface area contributed by atoms with Gasteiger partial charge in [0, 0.05) is 0 Å². The third kappa shape index (κ3) is 2.57. The first-order chi connectivity index (χ1) is 7.40. The molecule has 0 fully saturated rings. The molecule has 2 rings (SSSR count). The smallest absolute Gasteiger partial charge is 0.0612 e. The molecule has 0 radical (unpaired) electrons. The summed E-state index contributed by atoms with van der Waals surface area (Å²) in [6.45, 7) is 0.133. The average molecular weight is 200 g/mol. The third-order valence-corrected chi connectivity index (χ3v) is 2.71. The van der Waals surface area contributed by atoms with Crippen molar-refractivity contribution in [3.8, 4) is 0 Å². The highest BCUT2D eigenvalue weighted by Crippen LogP contribution is 2.20. The van der Waals surface area contributed by atoms with E-state index < -0.39 is 0 Å². The molecule has 0 spiro atoms. The lowest BCUT2D eigenvalue weighted by atomic mass is 9.94. The topological polar surface area (TPSA) is 20.2 Å². The summed E-state index contributed by atoms with van der Waals surface area (Å²) < 4.78 is 0. The summed E-state index contributed by atoms with van der Waals surface area (Å²) in [6, 6.07) is 6.63. The molecule has 1 nitrogen and oxygen atoms in total. The standard InChI is InChI=1S/C14H16O/c15-10-4-3-5-12-8-9-13-6-1-2-7-14(13)11-12/h1,3-4,6,8-9,11,15H,2,5,7,10H2. The number of allylic oxidation sites excluding steroid dienone is 2. The number of aliphatic hydroxyl groups excluding tert-OH is 1. The second-order valence-electron chi connectivity index (χ2n) is 3.83. The van der Waals surface area contributed by atoms with Crippen molar-refractivity contribution < 1.29 is 5.11 Å². The van der Waals surface area contributed by atoms with Gasteiger partial charge in [-0.15, -0.1) is 0 Å². The van der Waals surface area contributed by atoms with E-state index in [2.05, 4.69) is 30.4 Å². The van der Waals surface area contributed by atoms with Gasteiger partial charge in [-0.2, -0.15) is 0 Å². The Bertz CT molecular complexity index is 388. The van der Waals surface area contributed by atoms with Crippen molar-refractivity contribution in [2.45, 2.75) is 19.3 Å². The minimum Gasteiger partial charge on any atom is -0.392 e. The van der Waals surface area contributed by atoms with Gasteiger partial charge in [0.15, 0.2) is 0 Å². The molecule has 1 aliphatic carbocycles. The Labute approximate surface area is 90.8 Å². The lowest BCUT2D eigenvalue weighted by Gasteiger charge is -2.11. The molecule has 1 aliphatic rings. The van der Waals surface area contributed by atoms with E-state index in [9.17, 15) is 0 Å². The monoisotopic (exact) mass is 200 g/mol. The van der Waals surface area contributed by atoms with Gasteiger partial charge in [0.1, 0.15) is 0 Å². The second-order valence-corrected chi connectivity index (χ2v) is 3.83. The minimum atomic E-state index is 0.133. The Kier molecular flexibility index (Phi) is 3.36. The molecule has 0 aromatic heterocycles. The van der Waals surface area contributed by atoms with Crippen LogP contribution in [0.5, 0.6) is 0 Å². The van der Waals surface area contributed by atoms with Crippen LogP contribution in [0.2, 0.25) is 0 Å². The van der Waals surface area contributed by atoms with Crippen LogP contribution in [0.25, 0.3) is 6.08 Å².